The van der Waals surface area contributed by atoms with Crippen molar-refractivity contribution in [3.63, 3.8) is 0 Å². The minimum atomic E-state index is 0.0954. The highest BCUT2D eigenvalue weighted by Crippen LogP contribution is 2.28. The molecule has 0 aliphatic heterocycles. The molecule has 2 heterocycles. The first-order chi connectivity index (χ1) is 11.8. The standard InChI is InChI=1S/C19H20N4O/c24-18(13-22-14-21-17-11-6-12-20-19(17)22)23(16-9-4-5-10-16)15-7-2-1-3-8-15/h1-3,6-8,11-12,14,16H,4-5,9-10,13H2. The van der Waals surface area contributed by atoms with Gasteiger partial charge in [0.05, 0.1) is 6.33 Å². The number of fused-ring (bicyclic) bond motifs is 1. The van der Waals surface area contributed by atoms with Crippen LogP contribution in [0.5, 0.6) is 0 Å². The van der Waals surface area contributed by atoms with E-state index in [0.717, 1.165) is 29.7 Å². The number of amides is 1. The molecule has 24 heavy (non-hydrogen) atoms. The second-order valence-electron chi connectivity index (χ2n) is 6.26. The molecule has 0 spiro atoms. The number of carbonyl (C=O) groups excluding carboxylic acids is 1. The molecule has 1 aromatic carbocycles. The summed E-state index contributed by atoms with van der Waals surface area (Å²) in [6.45, 7) is 0.263. The van der Waals surface area contributed by atoms with Gasteiger partial charge < -0.3 is 9.47 Å². The summed E-state index contributed by atoms with van der Waals surface area (Å²) >= 11 is 0. The predicted octanol–water partition coefficient (Wildman–Crippen LogP) is 3.41. The number of hydrogen-bond acceptors (Lipinski definition) is 3. The summed E-state index contributed by atoms with van der Waals surface area (Å²) in [4.78, 5) is 23.7. The number of pyridine rings is 1. The van der Waals surface area contributed by atoms with E-state index in [9.17, 15) is 4.79 Å². The van der Waals surface area contributed by atoms with Crippen LogP contribution in [-0.4, -0.2) is 26.5 Å². The SMILES string of the molecule is O=C(Cn1cnc2cccnc21)N(c1ccccc1)C1CCCC1. The van der Waals surface area contributed by atoms with Crippen LogP contribution in [0.1, 0.15) is 25.7 Å². The number of anilines is 1. The van der Waals surface area contributed by atoms with E-state index in [1.165, 1.54) is 12.8 Å². The number of benzene rings is 1. The summed E-state index contributed by atoms with van der Waals surface area (Å²) in [5, 5.41) is 0. The monoisotopic (exact) mass is 320 g/mol. The Bertz CT molecular complexity index is 837. The van der Waals surface area contributed by atoms with Gasteiger partial charge in [-0.25, -0.2) is 9.97 Å². The lowest BCUT2D eigenvalue weighted by Crippen LogP contribution is -2.41. The fraction of sp³-hybridized carbons (Fsp3) is 0.316. The molecule has 0 N–H and O–H groups in total. The molecule has 0 atom stereocenters. The Labute approximate surface area is 140 Å². The minimum Gasteiger partial charge on any atom is -0.308 e. The van der Waals surface area contributed by atoms with E-state index >= 15 is 0 Å². The second kappa shape index (κ2) is 6.43. The summed E-state index contributed by atoms with van der Waals surface area (Å²) < 4.78 is 1.84. The van der Waals surface area contributed by atoms with Gasteiger partial charge in [0.2, 0.25) is 5.91 Å². The van der Waals surface area contributed by atoms with Crippen molar-refractivity contribution in [2.45, 2.75) is 38.3 Å². The van der Waals surface area contributed by atoms with Crippen LogP contribution in [0.15, 0.2) is 55.0 Å². The zero-order valence-electron chi connectivity index (χ0n) is 13.5. The van der Waals surface area contributed by atoms with Crippen molar-refractivity contribution in [2.24, 2.45) is 0 Å². The highest BCUT2D eigenvalue weighted by atomic mass is 16.2. The molecule has 3 aromatic rings. The van der Waals surface area contributed by atoms with Crippen molar-refractivity contribution in [2.75, 3.05) is 4.90 Å². The molecule has 0 bridgehead atoms. The Balaban J connectivity index is 1.64. The fourth-order valence-electron chi connectivity index (χ4n) is 3.54. The number of carbonyl (C=O) groups is 1. The maximum atomic E-state index is 13.1. The van der Waals surface area contributed by atoms with Crippen LogP contribution in [-0.2, 0) is 11.3 Å². The number of para-hydroxylation sites is 1. The average Bonchev–Trinajstić information content (AvgIpc) is 3.27. The zero-order valence-corrected chi connectivity index (χ0v) is 13.5. The van der Waals surface area contributed by atoms with Gasteiger partial charge in [-0.15, -0.1) is 0 Å². The van der Waals surface area contributed by atoms with E-state index in [-0.39, 0.29) is 12.5 Å². The molecule has 0 unspecified atom stereocenters. The third kappa shape index (κ3) is 2.77. The fourth-order valence-corrected chi connectivity index (χ4v) is 3.54. The van der Waals surface area contributed by atoms with E-state index in [1.807, 2.05) is 51.9 Å². The number of imidazole rings is 1. The van der Waals surface area contributed by atoms with Crippen LogP contribution in [0.2, 0.25) is 0 Å². The quantitative estimate of drug-likeness (QED) is 0.740. The van der Waals surface area contributed by atoms with Crippen molar-refractivity contribution in [1.82, 2.24) is 14.5 Å². The van der Waals surface area contributed by atoms with Gasteiger partial charge in [0.15, 0.2) is 5.65 Å². The Morgan fingerprint density at radius 1 is 1.08 bits per heavy atom. The molecule has 1 aliphatic carbocycles. The van der Waals surface area contributed by atoms with E-state index in [1.54, 1.807) is 12.5 Å². The van der Waals surface area contributed by atoms with Gasteiger partial charge in [-0.1, -0.05) is 31.0 Å². The first-order valence-corrected chi connectivity index (χ1v) is 8.46. The Morgan fingerprint density at radius 3 is 2.67 bits per heavy atom. The third-order valence-electron chi connectivity index (χ3n) is 4.67. The molecule has 5 heteroatoms. The van der Waals surface area contributed by atoms with Gasteiger partial charge in [-0.2, -0.15) is 0 Å². The maximum absolute atomic E-state index is 13.1. The molecule has 1 saturated carbocycles. The van der Waals surface area contributed by atoms with Crippen LogP contribution in [0.25, 0.3) is 11.2 Å². The minimum absolute atomic E-state index is 0.0954. The molecular formula is C19H20N4O. The van der Waals surface area contributed by atoms with E-state index in [2.05, 4.69) is 9.97 Å². The van der Waals surface area contributed by atoms with Crippen molar-refractivity contribution in [1.29, 1.82) is 0 Å². The summed E-state index contributed by atoms with van der Waals surface area (Å²) in [7, 11) is 0. The molecule has 122 valence electrons. The number of nitrogens with zero attached hydrogens (tertiary/aromatic N) is 4. The lowest BCUT2D eigenvalue weighted by atomic mass is 10.1. The summed E-state index contributed by atoms with van der Waals surface area (Å²) in [5.41, 5.74) is 2.55. The van der Waals surface area contributed by atoms with Gasteiger partial charge in [0.1, 0.15) is 12.1 Å². The second-order valence-corrected chi connectivity index (χ2v) is 6.26. The molecule has 0 saturated heterocycles. The molecule has 1 fully saturated rings. The van der Waals surface area contributed by atoms with Crippen molar-refractivity contribution in [3.8, 4) is 0 Å². The largest absolute Gasteiger partial charge is 0.308 e. The van der Waals surface area contributed by atoms with E-state index < -0.39 is 0 Å². The van der Waals surface area contributed by atoms with Gasteiger partial charge in [-0.3, -0.25) is 4.79 Å². The van der Waals surface area contributed by atoms with Gasteiger partial charge in [0, 0.05) is 17.9 Å². The number of hydrogen-bond donors (Lipinski definition) is 0. The average molecular weight is 320 g/mol. The number of aromatic nitrogens is 3. The highest BCUT2D eigenvalue weighted by molar-refractivity contribution is 5.94. The topological polar surface area (TPSA) is 51.0 Å². The number of rotatable bonds is 4. The van der Waals surface area contributed by atoms with E-state index in [4.69, 9.17) is 0 Å². The van der Waals surface area contributed by atoms with Crippen LogP contribution in [0.3, 0.4) is 0 Å². The highest BCUT2D eigenvalue weighted by Gasteiger charge is 2.28. The van der Waals surface area contributed by atoms with Crippen molar-refractivity contribution >= 4 is 22.8 Å². The third-order valence-corrected chi connectivity index (χ3v) is 4.67. The molecule has 1 amide bonds. The van der Waals surface area contributed by atoms with Gasteiger partial charge >= 0.3 is 0 Å². The summed E-state index contributed by atoms with van der Waals surface area (Å²) in [5.74, 6) is 0.0954. The normalized spacial score (nSPS) is 15.0. The van der Waals surface area contributed by atoms with Crippen molar-refractivity contribution < 1.29 is 4.79 Å². The zero-order chi connectivity index (χ0) is 16.4. The lowest BCUT2D eigenvalue weighted by Gasteiger charge is -2.29. The Morgan fingerprint density at radius 2 is 1.88 bits per heavy atom. The molecule has 2 aromatic heterocycles. The van der Waals surface area contributed by atoms with E-state index in [0.29, 0.717) is 6.04 Å². The van der Waals surface area contributed by atoms with Gasteiger partial charge in [0.25, 0.3) is 0 Å². The smallest absolute Gasteiger partial charge is 0.247 e. The Hall–Kier alpha value is -2.69. The van der Waals surface area contributed by atoms with Crippen LogP contribution in [0, 0.1) is 0 Å². The molecule has 0 radical (unpaired) electrons. The van der Waals surface area contributed by atoms with Crippen LogP contribution in [0.4, 0.5) is 5.69 Å². The Kier molecular flexibility index (Phi) is 3.99. The van der Waals surface area contributed by atoms with Crippen LogP contribution < -0.4 is 4.90 Å². The predicted molar refractivity (Wildman–Crippen MR) is 93.7 cm³/mol. The first-order valence-electron chi connectivity index (χ1n) is 8.46. The first kappa shape index (κ1) is 14.9. The molecule has 4 rings (SSSR count). The van der Waals surface area contributed by atoms with Crippen molar-refractivity contribution in [3.05, 3.63) is 55.0 Å². The molecule has 5 nitrogen and oxygen atoms in total. The lowest BCUT2D eigenvalue weighted by molar-refractivity contribution is -0.119. The maximum Gasteiger partial charge on any atom is 0.247 e. The molecule has 1 aliphatic rings. The van der Waals surface area contributed by atoms with Crippen LogP contribution >= 0.6 is 0 Å². The molecular weight excluding hydrogens is 300 g/mol. The summed E-state index contributed by atoms with van der Waals surface area (Å²) in [6, 6.07) is 14.0. The van der Waals surface area contributed by atoms with Gasteiger partial charge in [-0.05, 0) is 37.1 Å². The summed E-state index contributed by atoms with van der Waals surface area (Å²) in [6.07, 6.45) is 7.96.